The van der Waals surface area contributed by atoms with E-state index in [0.29, 0.717) is 18.2 Å². The average molecular weight is 341 g/mol. The van der Waals surface area contributed by atoms with Crippen molar-refractivity contribution in [3.8, 4) is 11.6 Å². The summed E-state index contributed by atoms with van der Waals surface area (Å²) in [5.41, 5.74) is 7.63. The number of nitrogens with one attached hydrogen (secondary N) is 1. The highest BCUT2D eigenvalue weighted by Gasteiger charge is 2.26. The van der Waals surface area contributed by atoms with E-state index in [0.717, 1.165) is 23.3 Å². The lowest BCUT2D eigenvalue weighted by Gasteiger charge is -2.17. The first kappa shape index (κ1) is 17.4. The topological polar surface area (TPSA) is 86.5 Å². The number of hydrogen-bond donors (Lipinski definition) is 2. The summed E-state index contributed by atoms with van der Waals surface area (Å²) in [6.45, 7) is 5.99. The van der Waals surface area contributed by atoms with E-state index in [-0.39, 0.29) is 12.0 Å². The molecule has 3 rings (SSSR count). The summed E-state index contributed by atoms with van der Waals surface area (Å²) >= 11 is 0. The van der Waals surface area contributed by atoms with Gasteiger partial charge in [-0.1, -0.05) is 19.1 Å². The van der Waals surface area contributed by atoms with Crippen molar-refractivity contribution in [2.24, 2.45) is 5.73 Å². The summed E-state index contributed by atoms with van der Waals surface area (Å²) in [6.07, 6.45) is 2.49. The third-order valence-corrected chi connectivity index (χ3v) is 4.08. The maximum absolute atomic E-state index is 11.9. The fraction of sp³-hybridized carbons (Fsp3) is 0.368. The van der Waals surface area contributed by atoms with Crippen LogP contribution >= 0.6 is 0 Å². The zero-order valence-electron chi connectivity index (χ0n) is 14.7. The lowest BCUT2D eigenvalue weighted by Crippen LogP contribution is -2.45. The minimum atomic E-state index is -0.949. The number of carbonyl (C=O) groups is 1. The van der Waals surface area contributed by atoms with E-state index in [1.807, 2.05) is 12.1 Å². The highest BCUT2D eigenvalue weighted by molar-refractivity contribution is 5.97. The van der Waals surface area contributed by atoms with Crippen molar-refractivity contribution in [3.05, 3.63) is 47.7 Å². The van der Waals surface area contributed by atoms with E-state index in [4.69, 9.17) is 15.2 Å². The van der Waals surface area contributed by atoms with Gasteiger partial charge in [0, 0.05) is 11.6 Å². The van der Waals surface area contributed by atoms with Crippen LogP contribution in [0.2, 0.25) is 0 Å². The summed E-state index contributed by atoms with van der Waals surface area (Å²) in [6, 6.07) is 9.38. The molecule has 0 spiro atoms. The molecule has 3 N–H and O–H groups in total. The quantitative estimate of drug-likeness (QED) is 0.869. The molecule has 0 saturated carbocycles. The molecule has 1 aromatic carbocycles. The van der Waals surface area contributed by atoms with Crippen LogP contribution < -0.4 is 15.8 Å². The number of nitrogens with two attached hydrogens (primary N) is 1. The summed E-state index contributed by atoms with van der Waals surface area (Å²) in [4.78, 5) is 16.2. The number of hydrogen-bond acceptors (Lipinski definition) is 5. The number of benzene rings is 1. The van der Waals surface area contributed by atoms with Crippen LogP contribution in [0.25, 0.3) is 0 Å². The van der Waals surface area contributed by atoms with Gasteiger partial charge in [0.25, 0.3) is 0 Å². The van der Waals surface area contributed by atoms with Crippen LogP contribution in [0.1, 0.15) is 44.4 Å². The van der Waals surface area contributed by atoms with Crippen molar-refractivity contribution in [3.63, 3.8) is 0 Å². The average Bonchev–Trinajstić information content (AvgIpc) is 3.00. The van der Waals surface area contributed by atoms with Gasteiger partial charge in [-0.25, -0.2) is 4.98 Å². The summed E-state index contributed by atoms with van der Waals surface area (Å²) < 4.78 is 11.7. The van der Waals surface area contributed by atoms with Crippen molar-refractivity contribution in [2.75, 3.05) is 5.32 Å². The summed E-state index contributed by atoms with van der Waals surface area (Å²) in [5.74, 6) is 0.946. The van der Waals surface area contributed by atoms with Gasteiger partial charge in [0.05, 0.1) is 30.1 Å². The van der Waals surface area contributed by atoms with Gasteiger partial charge in [-0.05, 0) is 38.0 Å². The molecule has 1 unspecified atom stereocenters. The van der Waals surface area contributed by atoms with E-state index in [9.17, 15) is 4.79 Å². The van der Waals surface area contributed by atoms with Gasteiger partial charge in [-0.2, -0.15) is 0 Å². The Morgan fingerprint density at radius 3 is 2.84 bits per heavy atom. The molecule has 2 heterocycles. The minimum Gasteiger partial charge on any atom is -0.439 e. The molecule has 1 amide bonds. The van der Waals surface area contributed by atoms with Gasteiger partial charge in [0.1, 0.15) is 5.75 Å². The number of pyridine rings is 1. The Hall–Kier alpha value is -2.44. The van der Waals surface area contributed by atoms with Crippen molar-refractivity contribution in [2.45, 2.75) is 45.4 Å². The SMILES string of the molecule is CCC1OCc2cccc(Oc3ccc(NC(=O)C(C)(C)N)cn3)c21. The number of anilines is 1. The third kappa shape index (κ3) is 3.81. The standard InChI is InChI=1S/C19H23N3O3/c1-4-14-17-12(11-24-14)6-5-7-15(17)25-16-9-8-13(10-21-16)22-18(23)19(2,3)20/h5-10,14H,4,11,20H2,1-3H3,(H,22,23). The predicted molar refractivity (Wildman–Crippen MR) is 95.5 cm³/mol. The molecule has 0 radical (unpaired) electrons. The van der Waals surface area contributed by atoms with Gasteiger partial charge in [-0.15, -0.1) is 0 Å². The normalized spacial score (nSPS) is 16.4. The molecule has 1 aliphatic rings. The largest absolute Gasteiger partial charge is 0.439 e. The zero-order chi connectivity index (χ0) is 18.0. The van der Waals surface area contributed by atoms with Crippen LogP contribution in [0.15, 0.2) is 36.5 Å². The Morgan fingerprint density at radius 1 is 1.40 bits per heavy atom. The minimum absolute atomic E-state index is 0.0524. The highest BCUT2D eigenvalue weighted by Crippen LogP contribution is 2.40. The van der Waals surface area contributed by atoms with Gasteiger partial charge in [-0.3, -0.25) is 4.79 Å². The van der Waals surface area contributed by atoms with Crippen molar-refractivity contribution >= 4 is 11.6 Å². The molecule has 132 valence electrons. The Bertz CT molecular complexity index is 766. The van der Waals surface area contributed by atoms with Crippen molar-refractivity contribution in [1.82, 2.24) is 4.98 Å². The highest BCUT2D eigenvalue weighted by atomic mass is 16.5. The molecular formula is C19H23N3O3. The molecule has 1 aliphatic heterocycles. The molecule has 6 heteroatoms. The number of fused-ring (bicyclic) bond motifs is 1. The first-order valence-corrected chi connectivity index (χ1v) is 8.36. The van der Waals surface area contributed by atoms with Gasteiger partial charge in [0.15, 0.2) is 0 Å². The van der Waals surface area contributed by atoms with E-state index in [2.05, 4.69) is 23.3 Å². The Kier molecular flexibility index (Phi) is 4.74. The Morgan fingerprint density at radius 2 is 2.20 bits per heavy atom. The second-order valence-corrected chi connectivity index (χ2v) is 6.70. The number of rotatable bonds is 5. The lowest BCUT2D eigenvalue weighted by molar-refractivity contribution is -0.120. The second kappa shape index (κ2) is 6.82. The zero-order valence-corrected chi connectivity index (χ0v) is 14.7. The molecule has 0 fully saturated rings. The summed E-state index contributed by atoms with van der Waals surface area (Å²) in [7, 11) is 0. The van der Waals surface area contributed by atoms with E-state index in [1.165, 1.54) is 0 Å². The van der Waals surface area contributed by atoms with Crippen LogP contribution in [0.3, 0.4) is 0 Å². The fourth-order valence-electron chi connectivity index (χ4n) is 2.68. The summed E-state index contributed by atoms with van der Waals surface area (Å²) in [5, 5.41) is 2.73. The van der Waals surface area contributed by atoms with Crippen molar-refractivity contribution in [1.29, 1.82) is 0 Å². The maximum atomic E-state index is 11.9. The number of nitrogens with zero attached hydrogens (tertiary/aromatic N) is 1. The fourth-order valence-corrected chi connectivity index (χ4v) is 2.68. The first-order chi connectivity index (χ1) is 11.9. The predicted octanol–water partition coefficient (Wildman–Crippen LogP) is 3.53. The molecule has 2 aromatic rings. The molecule has 0 saturated heterocycles. The molecule has 1 aromatic heterocycles. The number of carbonyl (C=O) groups excluding carboxylic acids is 1. The molecular weight excluding hydrogens is 318 g/mol. The Balaban J connectivity index is 1.75. The molecule has 0 bridgehead atoms. The van der Waals surface area contributed by atoms with E-state index >= 15 is 0 Å². The number of aromatic nitrogens is 1. The number of amides is 1. The molecule has 0 aliphatic carbocycles. The van der Waals surface area contributed by atoms with Crippen LogP contribution in [-0.4, -0.2) is 16.4 Å². The molecule has 25 heavy (non-hydrogen) atoms. The third-order valence-electron chi connectivity index (χ3n) is 4.08. The van der Waals surface area contributed by atoms with Gasteiger partial charge in [0.2, 0.25) is 11.8 Å². The van der Waals surface area contributed by atoms with Gasteiger partial charge < -0.3 is 20.5 Å². The lowest BCUT2D eigenvalue weighted by atomic mass is 10.0. The Labute approximate surface area is 147 Å². The second-order valence-electron chi connectivity index (χ2n) is 6.70. The van der Waals surface area contributed by atoms with Crippen molar-refractivity contribution < 1.29 is 14.3 Å². The van der Waals surface area contributed by atoms with Crippen LogP contribution in [0.5, 0.6) is 11.6 Å². The molecule has 1 atom stereocenters. The maximum Gasteiger partial charge on any atom is 0.243 e. The van der Waals surface area contributed by atoms with E-state index in [1.54, 1.807) is 32.2 Å². The monoisotopic (exact) mass is 341 g/mol. The van der Waals surface area contributed by atoms with Crippen LogP contribution in [-0.2, 0) is 16.1 Å². The van der Waals surface area contributed by atoms with Gasteiger partial charge >= 0.3 is 0 Å². The van der Waals surface area contributed by atoms with E-state index < -0.39 is 5.54 Å². The number of ether oxygens (including phenoxy) is 2. The molecule has 6 nitrogen and oxygen atoms in total. The van der Waals surface area contributed by atoms with Crippen LogP contribution in [0, 0.1) is 0 Å². The van der Waals surface area contributed by atoms with Crippen LogP contribution in [0.4, 0.5) is 5.69 Å². The first-order valence-electron chi connectivity index (χ1n) is 8.36. The smallest absolute Gasteiger partial charge is 0.243 e.